The molecule has 1 aliphatic heterocycles. The van der Waals surface area contributed by atoms with Gasteiger partial charge in [0.05, 0.1) is 29.4 Å². The van der Waals surface area contributed by atoms with Gasteiger partial charge < -0.3 is 26.1 Å². The second-order valence-corrected chi connectivity index (χ2v) is 9.06. The van der Waals surface area contributed by atoms with Crippen molar-refractivity contribution in [3.05, 3.63) is 54.0 Å². The number of hydrogen-bond acceptors (Lipinski definition) is 7. The van der Waals surface area contributed by atoms with E-state index in [-0.39, 0.29) is 11.9 Å². The molecule has 3 heterocycles. The largest absolute Gasteiger partial charge is 0.453 e. The molecule has 5 rings (SSSR count). The molecule has 0 spiro atoms. The molecule has 2 aromatic carbocycles. The number of piperidine rings is 1. The van der Waals surface area contributed by atoms with Crippen molar-refractivity contribution < 1.29 is 13.9 Å². The molecule has 1 amide bonds. The van der Waals surface area contributed by atoms with Gasteiger partial charge in [-0.15, -0.1) is 0 Å². The van der Waals surface area contributed by atoms with E-state index in [0.29, 0.717) is 39.5 Å². The number of carbonyl (C=O) groups excluding carboxylic acids is 1. The number of nitrogens with two attached hydrogens (primary N) is 2. The molecule has 0 bridgehead atoms. The molecule has 0 unspecified atom stereocenters. The number of fused-ring (bicyclic) bond motifs is 1. The monoisotopic (exact) mass is 489 g/mol. The minimum Gasteiger partial charge on any atom is -0.453 e. The van der Waals surface area contributed by atoms with Crippen LogP contribution in [-0.4, -0.2) is 47.3 Å². The number of anilines is 3. The van der Waals surface area contributed by atoms with E-state index in [0.717, 1.165) is 42.7 Å². The third-order valence-electron chi connectivity index (χ3n) is 6.44. The summed E-state index contributed by atoms with van der Waals surface area (Å²) in [6, 6.07) is 10.4. The molecular formula is C26H28FN7O2. The Bertz CT molecular complexity index is 1420. The van der Waals surface area contributed by atoms with E-state index in [2.05, 4.69) is 24.9 Å². The van der Waals surface area contributed by atoms with Crippen molar-refractivity contribution in [3.8, 4) is 22.5 Å². The van der Waals surface area contributed by atoms with Crippen molar-refractivity contribution in [3.63, 3.8) is 0 Å². The zero-order valence-corrected chi connectivity index (χ0v) is 20.1. The fraction of sp³-hybridized carbons (Fsp3) is 0.269. The lowest BCUT2D eigenvalue weighted by atomic mass is 9.97. The van der Waals surface area contributed by atoms with E-state index < -0.39 is 6.09 Å². The van der Waals surface area contributed by atoms with Crippen LogP contribution in [0.3, 0.4) is 0 Å². The van der Waals surface area contributed by atoms with Crippen LogP contribution in [0.4, 0.5) is 26.4 Å². The van der Waals surface area contributed by atoms with Gasteiger partial charge in [-0.25, -0.2) is 19.2 Å². The zero-order chi connectivity index (χ0) is 25.4. The summed E-state index contributed by atoms with van der Waals surface area (Å²) in [5.74, 6) is 0.526. The fourth-order valence-electron chi connectivity index (χ4n) is 4.68. The van der Waals surface area contributed by atoms with Crippen LogP contribution in [0.2, 0.25) is 0 Å². The summed E-state index contributed by atoms with van der Waals surface area (Å²) in [4.78, 5) is 26.4. The fourth-order valence-corrected chi connectivity index (χ4v) is 4.68. The summed E-state index contributed by atoms with van der Waals surface area (Å²) >= 11 is 0. The van der Waals surface area contributed by atoms with Gasteiger partial charge in [0, 0.05) is 36.6 Å². The maximum absolute atomic E-state index is 14.4. The number of ether oxygens (including phenoxy) is 1. The number of aromatic amines is 1. The molecule has 1 saturated heterocycles. The van der Waals surface area contributed by atoms with Crippen LogP contribution in [0.25, 0.3) is 33.5 Å². The number of imidazole rings is 1. The zero-order valence-electron chi connectivity index (χ0n) is 20.1. The minimum absolute atomic E-state index is 0.135. The lowest BCUT2D eigenvalue weighted by Crippen LogP contribution is -2.40. The standard InChI is InChI=1S/C26H28FN7O2/c1-14-9-15(11-16(27)10-14)19-13-30-24(29)22(23(19)34-7-5-17(28)6-8-34)25-32-20-4-3-18(12-21(20)33-25)31-26(35)36-2/h3-4,9-13,17H,5-8,28H2,1-2H3,(H2,29,30)(H,31,35)(H,32,33). The normalized spacial score (nSPS) is 14.3. The van der Waals surface area contributed by atoms with Crippen molar-refractivity contribution in [2.45, 2.75) is 25.8 Å². The van der Waals surface area contributed by atoms with Crippen molar-refractivity contribution in [2.75, 3.05) is 36.1 Å². The summed E-state index contributed by atoms with van der Waals surface area (Å²) in [6.07, 6.45) is 2.78. The molecule has 0 atom stereocenters. The van der Waals surface area contributed by atoms with Crippen LogP contribution >= 0.6 is 0 Å². The molecular weight excluding hydrogens is 461 g/mol. The smallest absolute Gasteiger partial charge is 0.411 e. The molecule has 1 aliphatic rings. The van der Waals surface area contributed by atoms with Crippen LogP contribution in [0.5, 0.6) is 0 Å². The van der Waals surface area contributed by atoms with Gasteiger partial charge in [0.1, 0.15) is 17.5 Å². The highest BCUT2D eigenvalue weighted by Crippen LogP contribution is 2.43. The summed E-state index contributed by atoms with van der Waals surface area (Å²) < 4.78 is 19.1. The van der Waals surface area contributed by atoms with Crippen molar-refractivity contribution in [1.82, 2.24) is 15.0 Å². The summed E-state index contributed by atoms with van der Waals surface area (Å²) in [5, 5.41) is 2.65. The lowest BCUT2D eigenvalue weighted by Gasteiger charge is -2.34. The number of nitrogens with one attached hydrogen (secondary N) is 2. The molecule has 0 aliphatic carbocycles. The van der Waals surface area contributed by atoms with Gasteiger partial charge >= 0.3 is 6.09 Å². The average Bonchev–Trinajstić information content (AvgIpc) is 3.26. The number of amides is 1. The van der Waals surface area contributed by atoms with Crippen LogP contribution in [0.15, 0.2) is 42.6 Å². The first-order valence-electron chi connectivity index (χ1n) is 11.7. The van der Waals surface area contributed by atoms with E-state index in [4.69, 9.17) is 16.5 Å². The number of H-pyrrole nitrogens is 1. The molecule has 36 heavy (non-hydrogen) atoms. The SMILES string of the molecule is COC(=O)Nc1ccc2nc(-c3c(N)ncc(-c4cc(C)cc(F)c4)c3N3CCC(N)CC3)[nH]c2c1. The van der Waals surface area contributed by atoms with Gasteiger partial charge in [0.2, 0.25) is 0 Å². The number of methoxy groups -OCH3 is 1. The number of nitrogens with zero attached hydrogens (tertiary/aromatic N) is 3. The molecule has 186 valence electrons. The highest BCUT2D eigenvalue weighted by atomic mass is 19.1. The van der Waals surface area contributed by atoms with Gasteiger partial charge in [0.25, 0.3) is 0 Å². The maximum atomic E-state index is 14.4. The topological polar surface area (TPSA) is 135 Å². The Labute approximate surface area is 207 Å². The molecule has 0 radical (unpaired) electrons. The van der Waals surface area contributed by atoms with Gasteiger partial charge in [0.15, 0.2) is 0 Å². The average molecular weight is 490 g/mol. The number of benzene rings is 2. The second kappa shape index (κ2) is 9.46. The Morgan fingerprint density at radius 3 is 2.72 bits per heavy atom. The third kappa shape index (κ3) is 4.55. The van der Waals surface area contributed by atoms with E-state index in [1.54, 1.807) is 24.4 Å². The number of aryl methyl sites for hydroxylation is 1. The second-order valence-electron chi connectivity index (χ2n) is 9.06. The van der Waals surface area contributed by atoms with Gasteiger partial charge in [-0.2, -0.15) is 0 Å². The van der Waals surface area contributed by atoms with Crippen LogP contribution in [-0.2, 0) is 4.74 Å². The molecule has 10 heteroatoms. The summed E-state index contributed by atoms with van der Waals surface area (Å²) in [5.41, 5.74) is 18.4. The number of rotatable bonds is 4. The van der Waals surface area contributed by atoms with Gasteiger partial charge in [-0.1, -0.05) is 6.07 Å². The Hall–Kier alpha value is -4.18. The molecule has 9 nitrogen and oxygen atoms in total. The third-order valence-corrected chi connectivity index (χ3v) is 6.44. The Balaban J connectivity index is 1.68. The Kier molecular flexibility index (Phi) is 6.19. The Morgan fingerprint density at radius 1 is 1.22 bits per heavy atom. The lowest BCUT2D eigenvalue weighted by molar-refractivity contribution is 0.187. The minimum atomic E-state index is -0.564. The van der Waals surface area contributed by atoms with Crippen molar-refractivity contribution >= 4 is 34.3 Å². The predicted octanol–water partition coefficient (Wildman–Crippen LogP) is 4.43. The van der Waals surface area contributed by atoms with E-state index >= 15 is 0 Å². The molecule has 6 N–H and O–H groups in total. The number of hydrogen-bond donors (Lipinski definition) is 4. The maximum Gasteiger partial charge on any atom is 0.411 e. The summed E-state index contributed by atoms with van der Waals surface area (Å²) in [7, 11) is 1.31. The predicted molar refractivity (Wildman–Crippen MR) is 139 cm³/mol. The summed E-state index contributed by atoms with van der Waals surface area (Å²) in [6.45, 7) is 3.32. The van der Waals surface area contributed by atoms with Gasteiger partial charge in [-0.3, -0.25) is 5.32 Å². The van der Waals surface area contributed by atoms with Crippen LogP contribution < -0.4 is 21.7 Å². The van der Waals surface area contributed by atoms with Crippen LogP contribution in [0.1, 0.15) is 18.4 Å². The van der Waals surface area contributed by atoms with E-state index in [1.165, 1.54) is 19.2 Å². The highest BCUT2D eigenvalue weighted by molar-refractivity contribution is 5.96. The van der Waals surface area contributed by atoms with Crippen molar-refractivity contribution in [1.29, 1.82) is 0 Å². The highest BCUT2D eigenvalue weighted by Gasteiger charge is 2.26. The number of halogens is 1. The molecule has 1 fully saturated rings. The van der Waals surface area contributed by atoms with Gasteiger partial charge in [-0.05, 0) is 61.2 Å². The number of carbonyl (C=O) groups is 1. The van der Waals surface area contributed by atoms with E-state index in [1.807, 2.05) is 13.0 Å². The van der Waals surface area contributed by atoms with E-state index in [9.17, 15) is 9.18 Å². The van der Waals surface area contributed by atoms with Crippen molar-refractivity contribution in [2.24, 2.45) is 5.73 Å². The molecule has 0 saturated carbocycles. The quantitative estimate of drug-likeness (QED) is 0.333. The molecule has 4 aromatic rings. The first kappa shape index (κ1) is 23.6. The number of nitrogen functional groups attached to an aromatic ring is 1. The number of aromatic nitrogens is 3. The Morgan fingerprint density at radius 2 is 2.00 bits per heavy atom. The van der Waals surface area contributed by atoms with Crippen LogP contribution in [0, 0.1) is 12.7 Å². The first-order valence-corrected chi connectivity index (χ1v) is 11.7. The number of pyridine rings is 1. The first-order chi connectivity index (χ1) is 17.3. The molecule has 2 aromatic heterocycles.